The number of benzene rings is 1. The fraction of sp³-hybridized carbons (Fsp3) is 0.357. The highest BCUT2D eigenvalue weighted by Crippen LogP contribution is 2.32. The summed E-state index contributed by atoms with van der Waals surface area (Å²) in [6.45, 7) is 0.574. The van der Waals surface area contributed by atoms with Crippen LogP contribution in [0.5, 0.6) is 0 Å². The first kappa shape index (κ1) is 14.7. The van der Waals surface area contributed by atoms with Crippen molar-refractivity contribution in [2.45, 2.75) is 32.0 Å². The van der Waals surface area contributed by atoms with E-state index in [2.05, 4.69) is 36.0 Å². The summed E-state index contributed by atoms with van der Waals surface area (Å²) in [7, 11) is 0. The molecular formula is C14H12N10O2. The van der Waals surface area contributed by atoms with E-state index in [1.807, 2.05) is 0 Å². The topological polar surface area (TPSA) is 139 Å². The van der Waals surface area contributed by atoms with Crippen molar-refractivity contribution in [3.8, 4) is 0 Å². The molecule has 1 saturated carbocycles. The van der Waals surface area contributed by atoms with Gasteiger partial charge in [-0.25, -0.2) is 9.36 Å². The number of fused-ring (bicyclic) bond motifs is 2. The van der Waals surface area contributed by atoms with E-state index >= 15 is 0 Å². The van der Waals surface area contributed by atoms with Crippen molar-refractivity contribution < 1.29 is 0 Å². The van der Waals surface area contributed by atoms with Gasteiger partial charge in [0, 0.05) is 0 Å². The van der Waals surface area contributed by atoms with Gasteiger partial charge >= 0.3 is 0 Å². The Hall–Kier alpha value is -3.57. The van der Waals surface area contributed by atoms with E-state index in [1.165, 1.54) is 26.6 Å². The van der Waals surface area contributed by atoms with Crippen LogP contribution in [0, 0.1) is 0 Å². The molecule has 0 atom stereocenters. The van der Waals surface area contributed by atoms with E-state index < -0.39 is 0 Å². The standard InChI is InChI=1S/C14H12N10O2/c25-13-9-5-12-10(14(26)24(21-18-12)8-1-2-8)6-11(9)17-20-22(13)3-4-23-16-7-15-19-23/h5-8H,1-4H2. The van der Waals surface area contributed by atoms with Gasteiger partial charge in [-0.2, -0.15) is 4.80 Å². The lowest BCUT2D eigenvalue weighted by molar-refractivity contribution is 0.430. The van der Waals surface area contributed by atoms with Gasteiger partial charge in [0.05, 0.1) is 29.9 Å². The van der Waals surface area contributed by atoms with Crippen LogP contribution in [0.2, 0.25) is 0 Å². The third-order valence-corrected chi connectivity index (χ3v) is 4.32. The Morgan fingerprint density at radius 2 is 1.65 bits per heavy atom. The molecule has 4 aromatic rings. The van der Waals surface area contributed by atoms with Crippen molar-refractivity contribution in [1.82, 2.24) is 50.2 Å². The molecule has 0 radical (unpaired) electrons. The summed E-state index contributed by atoms with van der Waals surface area (Å²) in [5, 5.41) is 28.0. The molecule has 1 fully saturated rings. The van der Waals surface area contributed by atoms with E-state index in [9.17, 15) is 9.59 Å². The average Bonchev–Trinajstić information content (AvgIpc) is 3.36. The third kappa shape index (κ3) is 2.34. The minimum Gasteiger partial charge on any atom is -0.267 e. The predicted octanol–water partition coefficient (Wildman–Crippen LogP) is -1.08. The van der Waals surface area contributed by atoms with Crippen LogP contribution in [0.25, 0.3) is 21.8 Å². The number of rotatable bonds is 4. The summed E-state index contributed by atoms with van der Waals surface area (Å²) >= 11 is 0. The first-order chi connectivity index (χ1) is 12.7. The minimum absolute atomic E-state index is 0.125. The average molecular weight is 352 g/mol. The number of aromatic nitrogens is 10. The van der Waals surface area contributed by atoms with Gasteiger partial charge in [0.25, 0.3) is 11.1 Å². The number of hydrogen-bond donors (Lipinski definition) is 0. The summed E-state index contributed by atoms with van der Waals surface area (Å²) in [4.78, 5) is 26.6. The molecular weight excluding hydrogens is 340 g/mol. The first-order valence-corrected chi connectivity index (χ1v) is 8.08. The maximum Gasteiger partial charge on any atom is 0.277 e. The lowest BCUT2D eigenvalue weighted by Crippen LogP contribution is -2.27. The van der Waals surface area contributed by atoms with Crippen LogP contribution in [-0.2, 0) is 13.1 Å². The Morgan fingerprint density at radius 1 is 0.923 bits per heavy atom. The highest BCUT2D eigenvalue weighted by molar-refractivity contribution is 5.93. The first-order valence-electron chi connectivity index (χ1n) is 8.08. The van der Waals surface area contributed by atoms with Crippen molar-refractivity contribution in [1.29, 1.82) is 0 Å². The van der Waals surface area contributed by atoms with E-state index in [1.54, 1.807) is 6.07 Å². The Balaban J connectivity index is 1.60. The zero-order chi connectivity index (χ0) is 17.7. The second-order valence-electron chi connectivity index (χ2n) is 6.11. The Bertz CT molecular complexity index is 1240. The highest BCUT2D eigenvalue weighted by atomic mass is 16.1. The van der Waals surface area contributed by atoms with Crippen molar-refractivity contribution in [2.75, 3.05) is 0 Å². The molecule has 0 aliphatic heterocycles. The van der Waals surface area contributed by atoms with Crippen LogP contribution in [0.15, 0.2) is 28.0 Å². The fourth-order valence-electron chi connectivity index (χ4n) is 2.81. The Morgan fingerprint density at radius 3 is 2.35 bits per heavy atom. The van der Waals surface area contributed by atoms with Crippen LogP contribution in [0.1, 0.15) is 18.9 Å². The van der Waals surface area contributed by atoms with Gasteiger partial charge in [-0.1, -0.05) is 10.4 Å². The van der Waals surface area contributed by atoms with Gasteiger partial charge in [-0.05, 0) is 30.2 Å². The zero-order valence-corrected chi connectivity index (χ0v) is 13.4. The van der Waals surface area contributed by atoms with Crippen LogP contribution in [0.3, 0.4) is 0 Å². The van der Waals surface area contributed by atoms with Crippen LogP contribution in [-0.4, -0.2) is 50.2 Å². The maximum atomic E-state index is 12.7. The molecule has 12 nitrogen and oxygen atoms in total. The molecule has 0 unspecified atom stereocenters. The van der Waals surface area contributed by atoms with Crippen molar-refractivity contribution >= 4 is 21.8 Å². The molecule has 3 heterocycles. The van der Waals surface area contributed by atoms with Crippen LogP contribution >= 0.6 is 0 Å². The lowest BCUT2D eigenvalue weighted by Gasteiger charge is -2.06. The van der Waals surface area contributed by atoms with Gasteiger partial charge < -0.3 is 0 Å². The summed E-state index contributed by atoms with van der Waals surface area (Å²) in [6, 6.07) is 3.22. The van der Waals surface area contributed by atoms with Gasteiger partial charge in [0.2, 0.25) is 0 Å². The molecule has 1 aromatic carbocycles. The lowest BCUT2D eigenvalue weighted by atomic mass is 10.2. The molecule has 130 valence electrons. The van der Waals surface area contributed by atoms with E-state index in [4.69, 9.17) is 0 Å². The summed E-state index contributed by atoms with van der Waals surface area (Å²) < 4.78 is 2.62. The number of aryl methyl sites for hydroxylation is 2. The molecule has 1 aliphatic rings. The third-order valence-electron chi connectivity index (χ3n) is 4.32. The molecule has 0 N–H and O–H groups in total. The zero-order valence-electron chi connectivity index (χ0n) is 13.4. The minimum atomic E-state index is -0.329. The van der Waals surface area contributed by atoms with Crippen molar-refractivity contribution in [3.63, 3.8) is 0 Å². The molecule has 12 heteroatoms. The van der Waals surface area contributed by atoms with E-state index in [0.717, 1.165) is 12.8 Å². The van der Waals surface area contributed by atoms with Gasteiger partial charge in [-0.3, -0.25) is 9.59 Å². The quantitative estimate of drug-likeness (QED) is 0.419. The van der Waals surface area contributed by atoms with Gasteiger partial charge in [0.1, 0.15) is 11.0 Å². The molecule has 0 saturated heterocycles. The van der Waals surface area contributed by atoms with Crippen LogP contribution < -0.4 is 11.1 Å². The Labute approximate surface area is 144 Å². The van der Waals surface area contributed by atoms with E-state index in [0.29, 0.717) is 28.4 Å². The smallest absolute Gasteiger partial charge is 0.267 e. The fourth-order valence-corrected chi connectivity index (χ4v) is 2.81. The molecule has 26 heavy (non-hydrogen) atoms. The monoisotopic (exact) mass is 352 g/mol. The Kier molecular flexibility index (Phi) is 3.10. The maximum absolute atomic E-state index is 12.7. The number of tetrazole rings is 1. The van der Waals surface area contributed by atoms with Crippen molar-refractivity contribution in [3.05, 3.63) is 39.2 Å². The molecule has 3 aromatic heterocycles. The van der Waals surface area contributed by atoms with Gasteiger partial charge in [-0.15, -0.1) is 20.4 Å². The summed E-state index contributed by atoms with van der Waals surface area (Å²) in [5.74, 6) is 0. The second-order valence-corrected chi connectivity index (χ2v) is 6.11. The normalized spacial score (nSPS) is 14.3. The SMILES string of the molecule is O=c1c2cc3nnn(C4CC4)c(=O)c3cc2nnn1CCn1ncnn1. The van der Waals surface area contributed by atoms with Gasteiger partial charge in [0.15, 0.2) is 6.33 Å². The second kappa shape index (κ2) is 5.47. The highest BCUT2D eigenvalue weighted by Gasteiger charge is 2.27. The summed E-state index contributed by atoms with van der Waals surface area (Å²) in [5.41, 5.74) is 0.173. The molecule has 5 rings (SSSR count). The van der Waals surface area contributed by atoms with E-state index in [-0.39, 0.29) is 23.7 Å². The molecule has 1 aliphatic carbocycles. The molecule has 0 spiro atoms. The largest absolute Gasteiger partial charge is 0.277 e. The number of nitrogens with zero attached hydrogens (tertiary/aromatic N) is 10. The predicted molar refractivity (Wildman–Crippen MR) is 87.2 cm³/mol. The van der Waals surface area contributed by atoms with Crippen molar-refractivity contribution in [2.24, 2.45) is 0 Å². The van der Waals surface area contributed by atoms with Crippen LogP contribution in [0.4, 0.5) is 0 Å². The molecule has 0 amide bonds. The number of hydrogen-bond acceptors (Lipinski definition) is 9. The summed E-state index contributed by atoms with van der Waals surface area (Å²) in [6.07, 6.45) is 3.17. The molecule has 0 bridgehead atoms.